The number of rotatable bonds is 7. The maximum atomic E-state index is 13.0. The van der Waals surface area contributed by atoms with Crippen molar-refractivity contribution < 1.29 is 14.3 Å². The van der Waals surface area contributed by atoms with Crippen LogP contribution in [0.5, 0.6) is 11.5 Å². The van der Waals surface area contributed by atoms with Gasteiger partial charge in [0.1, 0.15) is 23.7 Å². The highest BCUT2D eigenvalue weighted by Gasteiger charge is 2.29. The van der Waals surface area contributed by atoms with Crippen molar-refractivity contribution in [1.29, 1.82) is 0 Å². The fraction of sp³-hybridized carbons (Fsp3) is 0.538. The van der Waals surface area contributed by atoms with Crippen molar-refractivity contribution in [2.24, 2.45) is 5.92 Å². The largest absolute Gasteiger partial charge is 0.497 e. The normalized spacial score (nSPS) is 18.1. The summed E-state index contributed by atoms with van der Waals surface area (Å²) in [6.07, 6.45) is 8.71. The van der Waals surface area contributed by atoms with Gasteiger partial charge >= 0.3 is 0 Å². The lowest BCUT2D eigenvalue weighted by molar-refractivity contribution is -0.125. The number of imidazole rings is 1. The van der Waals surface area contributed by atoms with Crippen LogP contribution >= 0.6 is 0 Å². The molecule has 9 heteroatoms. The molecule has 2 aromatic heterocycles. The van der Waals surface area contributed by atoms with Crippen molar-refractivity contribution in [1.82, 2.24) is 24.8 Å². The molecule has 0 spiro atoms. The standard InChI is InChI=1S/C26H34N6O3/c1-34-20-10-9-18(21(15-20)35-2)11-12-27-26(33)19-7-6-13-31(16-19)24-23-25(29-17-28-24)32-14-5-3-4-8-22(32)30-23/h9-10,15,17,19H,3-8,11-14,16H2,1-2H3,(H,27,33)/t19-/m1/s1. The molecule has 2 aliphatic heterocycles. The molecule has 1 aromatic carbocycles. The van der Waals surface area contributed by atoms with Gasteiger partial charge in [-0.15, -0.1) is 0 Å². The van der Waals surface area contributed by atoms with Gasteiger partial charge in [0.25, 0.3) is 0 Å². The van der Waals surface area contributed by atoms with E-state index < -0.39 is 0 Å². The molecule has 35 heavy (non-hydrogen) atoms. The van der Waals surface area contributed by atoms with Crippen molar-refractivity contribution in [2.45, 2.75) is 51.5 Å². The number of hydrogen-bond donors (Lipinski definition) is 1. The van der Waals surface area contributed by atoms with Crippen LogP contribution in [0, 0.1) is 5.92 Å². The molecule has 0 saturated carbocycles. The second kappa shape index (κ2) is 10.5. The lowest BCUT2D eigenvalue weighted by Crippen LogP contribution is -2.44. The lowest BCUT2D eigenvalue weighted by atomic mass is 9.97. The Kier molecular flexibility index (Phi) is 7.01. The van der Waals surface area contributed by atoms with E-state index in [2.05, 4.69) is 24.8 Å². The van der Waals surface area contributed by atoms with Gasteiger partial charge in [0.05, 0.1) is 20.1 Å². The van der Waals surface area contributed by atoms with E-state index in [0.717, 1.165) is 78.6 Å². The molecule has 0 bridgehead atoms. The number of aromatic nitrogens is 4. The van der Waals surface area contributed by atoms with E-state index in [0.29, 0.717) is 19.5 Å². The Morgan fingerprint density at radius 1 is 1.11 bits per heavy atom. The predicted octanol–water partition coefficient (Wildman–Crippen LogP) is 3.15. The number of piperidine rings is 1. The first-order valence-corrected chi connectivity index (χ1v) is 12.6. The quantitative estimate of drug-likeness (QED) is 0.557. The summed E-state index contributed by atoms with van der Waals surface area (Å²) in [5, 5.41) is 3.13. The summed E-state index contributed by atoms with van der Waals surface area (Å²) in [5.74, 6) is 3.51. The molecule has 186 valence electrons. The molecule has 5 rings (SSSR count). The first-order valence-electron chi connectivity index (χ1n) is 12.6. The zero-order valence-electron chi connectivity index (χ0n) is 20.6. The van der Waals surface area contributed by atoms with Crippen LogP contribution in [0.2, 0.25) is 0 Å². The number of aryl methyl sites for hydroxylation is 2. The molecule has 0 radical (unpaired) electrons. The zero-order valence-corrected chi connectivity index (χ0v) is 20.6. The highest BCUT2D eigenvalue weighted by Crippen LogP contribution is 2.29. The Bertz CT molecular complexity index is 1190. The van der Waals surface area contributed by atoms with Crippen LogP contribution < -0.4 is 19.7 Å². The number of nitrogens with one attached hydrogen (secondary N) is 1. The number of anilines is 1. The first kappa shape index (κ1) is 23.4. The molecule has 1 saturated heterocycles. The number of benzene rings is 1. The number of ether oxygens (including phenoxy) is 2. The van der Waals surface area contributed by atoms with Crippen molar-refractivity contribution in [3.8, 4) is 11.5 Å². The number of carbonyl (C=O) groups excluding carboxylic acids is 1. The summed E-state index contributed by atoms with van der Waals surface area (Å²) >= 11 is 0. The fourth-order valence-electron chi connectivity index (χ4n) is 5.26. The van der Waals surface area contributed by atoms with Crippen molar-refractivity contribution in [3.63, 3.8) is 0 Å². The number of nitrogens with zero attached hydrogens (tertiary/aromatic N) is 5. The number of carbonyl (C=O) groups is 1. The zero-order chi connectivity index (χ0) is 24.2. The third kappa shape index (κ3) is 4.90. The molecule has 0 aliphatic carbocycles. The first-order chi connectivity index (χ1) is 17.2. The molecule has 1 fully saturated rings. The number of amides is 1. The summed E-state index contributed by atoms with van der Waals surface area (Å²) in [5.41, 5.74) is 2.84. The maximum Gasteiger partial charge on any atom is 0.224 e. The van der Waals surface area contributed by atoms with E-state index in [1.54, 1.807) is 20.5 Å². The lowest BCUT2D eigenvalue weighted by Gasteiger charge is -2.32. The Morgan fingerprint density at radius 2 is 2.03 bits per heavy atom. The predicted molar refractivity (Wildman–Crippen MR) is 134 cm³/mol. The van der Waals surface area contributed by atoms with Crippen LogP contribution in [-0.4, -0.2) is 59.3 Å². The van der Waals surface area contributed by atoms with Gasteiger partial charge in [-0.25, -0.2) is 15.0 Å². The summed E-state index contributed by atoms with van der Waals surface area (Å²) in [7, 11) is 3.28. The average Bonchev–Trinajstić information content (AvgIpc) is 3.09. The third-order valence-corrected chi connectivity index (χ3v) is 7.15. The van der Waals surface area contributed by atoms with Crippen molar-refractivity contribution >= 4 is 22.9 Å². The summed E-state index contributed by atoms with van der Waals surface area (Å²) in [6.45, 7) is 3.04. The van der Waals surface area contributed by atoms with E-state index >= 15 is 0 Å². The average molecular weight is 479 g/mol. The summed E-state index contributed by atoms with van der Waals surface area (Å²) in [4.78, 5) is 29.4. The second-order valence-corrected chi connectivity index (χ2v) is 9.36. The van der Waals surface area contributed by atoms with E-state index in [1.807, 2.05) is 18.2 Å². The monoisotopic (exact) mass is 478 g/mol. The van der Waals surface area contributed by atoms with Crippen LogP contribution in [0.1, 0.15) is 43.5 Å². The van der Waals surface area contributed by atoms with E-state index in [-0.39, 0.29) is 11.8 Å². The molecule has 2 aliphatic rings. The van der Waals surface area contributed by atoms with E-state index in [9.17, 15) is 4.79 Å². The molecule has 1 atom stereocenters. The highest BCUT2D eigenvalue weighted by atomic mass is 16.5. The third-order valence-electron chi connectivity index (χ3n) is 7.15. The van der Waals surface area contributed by atoms with Gasteiger partial charge in [0.2, 0.25) is 5.91 Å². The van der Waals surface area contributed by atoms with Crippen molar-refractivity contribution in [2.75, 3.05) is 38.8 Å². The Labute approximate surface area is 205 Å². The topological polar surface area (TPSA) is 94.4 Å². The molecule has 9 nitrogen and oxygen atoms in total. The molecular weight excluding hydrogens is 444 g/mol. The van der Waals surface area contributed by atoms with Crippen molar-refractivity contribution in [3.05, 3.63) is 35.9 Å². The second-order valence-electron chi connectivity index (χ2n) is 9.36. The van der Waals surface area contributed by atoms with Crippen LogP contribution in [0.4, 0.5) is 5.82 Å². The smallest absolute Gasteiger partial charge is 0.224 e. The van der Waals surface area contributed by atoms with Crippen LogP contribution in [0.3, 0.4) is 0 Å². The minimum absolute atomic E-state index is 0.0769. The molecule has 1 N–H and O–H groups in total. The summed E-state index contributed by atoms with van der Waals surface area (Å²) in [6, 6.07) is 5.77. The number of methoxy groups -OCH3 is 2. The molecule has 3 aromatic rings. The number of fused-ring (bicyclic) bond motifs is 3. The molecular formula is C26H34N6O3. The van der Waals surface area contributed by atoms with E-state index in [4.69, 9.17) is 14.5 Å². The number of hydrogen-bond acceptors (Lipinski definition) is 7. The van der Waals surface area contributed by atoms with Gasteiger partial charge in [0, 0.05) is 38.7 Å². The Hall–Kier alpha value is -3.36. The Morgan fingerprint density at radius 3 is 2.89 bits per heavy atom. The van der Waals surface area contributed by atoms with Crippen LogP contribution in [0.15, 0.2) is 24.5 Å². The highest BCUT2D eigenvalue weighted by molar-refractivity contribution is 5.85. The maximum absolute atomic E-state index is 13.0. The van der Waals surface area contributed by atoms with Gasteiger partial charge in [0.15, 0.2) is 17.0 Å². The van der Waals surface area contributed by atoms with Crippen LogP contribution in [0.25, 0.3) is 11.2 Å². The Balaban J connectivity index is 1.24. The van der Waals surface area contributed by atoms with Gasteiger partial charge in [-0.1, -0.05) is 12.5 Å². The van der Waals surface area contributed by atoms with Gasteiger partial charge < -0.3 is 24.3 Å². The van der Waals surface area contributed by atoms with Gasteiger partial charge in [-0.3, -0.25) is 4.79 Å². The van der Waals surface area contributed by atoms with Gasteiger partial charge in [-0.05, 0) is 43.7 Å². The molecule has 0 unspecified atom stereocenters. The van der Waals surface area contributed by atoms with Crippen LogP contribution in [-0.2, 0) is 24.2 Å². The van der Waals surface area contributed by atoms with E-state index in [1.165, 1.54) is 12.8 Å². The minimum Gasteiger partial charge on any atom is -0.497 e. The van der Waals surface area contributed by atoms with Gasteiger partial charge in [-0.2, -0.15) is 0 Å². The molecule has 1 amide bonds. The minimum atomic E-state index is -0.0769. The molecule has 4 heterocycles. The fourth-order valence-corrected chi connectivity index (χ4v) is 5.26. The SMILES string of the molecule is COc1ccc(CCNC(=O)[C@@H]2CCCN(c3ncnc4c3nc3n4CCCCC3)C2)c(OC)c1. The summed E-state index contributed by atoms with van der Waals surface area (Å²) < 4.78 is 13.0.